The van der Waals surface area contributed by atoms with E-state index < -0.39 is 22.0 Å². The van der Waals surface area contributed by atoms with Gasteiger partial charge < -0.3 is 9.84 Å². The third-order valence-corrected chi connectivity index (χ3v) is 3.90. The quantitative estimate of drug-likeness (QED) is 0.685. The molecule has 0 spiro atoms. The van der Waals surface area contributed by atoms with Crippen molar-refractivity contribution in [1.82, 2.24) is 4.72 Å². The van der Waals surface area contributed by atoms with Crippen molar-refractivity contribution in [2.24, 2.45) is 0 Å². The Kier molecular flexibility index (Phi) is 6.32. The molecule has 0 bridgehead atoms. The highest BCUT2D eigenvalue weighted by Gasteiger charge is 2.13. The molecule has 0 aliphatic carbocycles. The van der Waals surface area contributed by atoms with Gasteiger partial charge in [0.1, 0.15) is 0 Å². The van der Waals surface area contributed by atoms with Crippen molar-refractivity contribution < 1.29 is 27.9 Å². The summed E-state index contributed by atoms with van der Waals surface area (Å²) in [7, 11) is -3.59. The summed E-state index contributed by atoms with van der Waals surface area (Å²) >= 11 is 0. The van der Waals surface area contributed by atoms with E-state index in [-0.39, 0.29) is 30.9 Å². The van der Waals surface area contributed by atoms with E-state index in [0.29, 0.717) is 5.56 Å². The number of esters is 1. The number of sulfonamides is 1. The fraction of sp³-hybridized carbons (Fsp3) is 0.385. The molecule has 0 aliphatic heterocycles. The predicted molar refractivity (Wildman–Crippen MR) is 75.3 cm³/mol. The van der Waals surface area contributed by atoms with Gasteiger partial charge in [-0.05, 0) is 24.6 Å². The van der Waals surface area contributed by atoms with Crippen molar-refractivity contribution in [2.45, 2.75) is 19.9 Å². The molecule has 8 heteroatoms. The summed E-state index contributed by atoms with van der Waals surface area (Å²) in [5.74, 6) is -1.95. The van der Waals surface area contributed by atoms with Gasteiger partial charge in [-0.25, -0.2) is 17.9 Å². The molecule has 2 N–H and O–H groups in total. The highest BCUT2D eigenvalue weighted by atomic mass is 32.2. The molecular weight excluding hydrogens is 298 g/mol. The second-order valence-electron chi connectivity index (χ2n) is 4.20. The lowest BCUT2D eigenvalue weighted by molar-refractivity contribution is -0.142. The fourth-order valence-corrected chi connectivity index (χ4v) is 2.45. The van der Waals surface area contributed by atoms with E-state index in [1.807, 2.05) is 0 Å². The van der Waals surface area contributed by atoms with E-state index in [4.69, 9.17) is 5.11 Å². The van der Waals surface area contributed by atoms with Crippen molar-refractivity contribution in [3.05, 3.63) is 35.4 Å². The summed E-state index contributed by atoms with van der Waals surface area (Å²) in [4.78, 5) is 21.8. The van der Waals surface area contributed by atoms with Gasteiger partial charge >= 0.3 is 11.9 Å². The van der Waals surface area contributed by atoms with Crippen LogP contribution in [-0.2, 0) is 26.1 Å². The topological polar surface area (TPSA) is 110 Å². The fourth-order valence-electron chi connectivity index (χ4n) is 1.48. The molecule has 116 valence electrons. The number of aromatic carboxylic acids is 1. The summed E-state index contributed by atoms with van der Waals surface area (Å²) in [5, 5.41) is 8.75. The number of rotatable bonds is 8. The standard InChI is InChI=1S/C13H17NO6S/c1-2-20-12(15)7-8-21(18,19)14-9-10-3-5-11(6-4-10)13(16)17/h3-6,14H,2,7-9H2,1H3,(H,16,17). The number of carbonyl (C=O) groups is 2. The van der Waals surface area contributed by atoms with Crippen molar-refractivity contribution >= 4 is 22.0 Å². The first-order chi connectivity index (χ1) is 9.84. The van der Waals surface area contributed by atoms with Crippen molar-refractivity contribution in [3.8, 4) is 0 Å². The van der Waals surface area contributed by atoms with Crippen LogP contribution in [0.25, 0.3) is 0 Å². The molecule has 1 rings (SSSR count). The molecule has 0 aliphatic rings. The van der Waals surface area contributed by atoms with Crippen LogP contribution in [0.3, 0.4) is 0 Å². The Labute approximate surface area is 123 Å². The van der Waals surface area contributed by atoms with E-state index in [2.05, 4.69) is 9.46 Å². The predicted octanol–water partition coefficient (Wildman–Crippen LogP) is 0.757. The molecular formula is C13H17NO6S. The van der Waals surface area contributed by atoms with Crippen LogP contribution in [-0.4, -0.2) is 37.8 Å². The minimum atomic E-state index is -3.59. The lowest BCUT2D eigenvalue weighted by atomic mass is 10.1. The van der Waals surface area contributed by atoms with E-state index in [0.717, 1.165) is 0 Å². The van der Waals surface area contributed by atoms with Crippen LogP contribution in [0.4, 0.5) is 0 Å². The maximum Gasteiger partial charge on any atom is 0.335 e. The van der Waals surface area contributed by atoms with Crippen LogP contribution in [0, 0.1) is 0 Å². The Balaban J connectivity index is 2.49. The summed E-state index contributed by atoms with van der Waals surface area (Å²) in [6.45, 7) is 1.89. The Morgan fingerprint density at radius 3 is 2.38 bits per heavy atom. The lowest BCUT2D eigenvalue weighted by Gasteiger charge is -2.07. The highest BCUT2D eigenvalue weighted by Crippen LogP contribution is 2.05. The van der Waals surface area contributed by atoms with E-state index in [1.165, 1.54) is 24.3 Å². The van der Waals surface area contributed by atoms with Gasteiger partial charge in [0.15, 0.2) is 0 Å². The molecule has 1 aromatic rings. The zero-order chi connectivity index (χ0) is 15.9. The maximum absolute atomic E-state index is 11.7. The van der Waals surface area contributed by atoms with Gasteiger partial charge in [0, 0.05) is 6.54 Å². The Bertz CT molecular complexity index is 594. The SMILES string of the molecule is CCOC(=O)CCS(=O)(=O)NCc1ccc(C(=O)O)cc1. The smallest absolute Gasteiger partial charge is 0.335 e. The number of carbonyl (C=O) groups excluding carboxylic acids is 1. The van der Waals surface area contributed by atoms with E-state index in [1.54, 1.807) is 6.92 Å². The normalized spacial score (nSPS) is 11.1. The molecule has 1 aromatic carbocycles. The molecule has 0 heterocycles. The van der Waals surface area contributed by atoms with Gasteiger partial charge in [-0.1, -0.05) is 12.1 Å². The van der Waals surface area contributed by atoms with Crippen LogP contribution in [0.5, 0.6) is 0 Å². The largest absolute Gasteiger partial charge is 0.478 e. The highest BCUT2D eigenvalue weighted by molar-refractivity contribution is 7.89. The Morgan fingerprint density at radius 1 is 1.24 bits per heavy atom. The summed E-state index contributed by atoms with van der Waals surface area (Å²) < 4.78 is 30.3. The lowest BCUT2D eigenvalue weighted by Crippen LogP contribution is -2.27. The van der Waals surface area contributed by atoms with Gasteiger partial charge in [-0.2, -0.15) is 0 Å². The van der Waals surface area contributed by atoms with E-state index >= 15 is 0 Å². The molecule has 0 unspecified atom stereocenters. The first-order valence-corrected chi connectivity index (χ1v) is 7.94. The summed E-state index contributed by atoms with van der Waals surface area (Å²) in [5.41, 5.74) is 0.753. The molecule has 21 heavy (non-hydrogen) atoms. The van der Waals surface area contributed by atoms with Crippen molar-refractivity contribution in [1.29, 1.82) is 0 Å². The third kappa shape index (κ3) is 6.37. The maximum atomic E-state index is 11.7. The minimum absolute atomic E-state index is 0.0328. The zero-order valence-corrected chi connectivity index (χ0v) is 12.4. The summed E-state index contributed by atoms with van der Waals surface area (Å²) in [6, 6.07) is 5.84. The number of nitrogens with one attached hydrogen (secondary N) is 1. The Morgan fingerprint density at radius 2 is 1.86 bits per heavy atom. The van der Waals surface area contributed by atoms with E-state index in [9.17, 15) is 18.0 Å². The van der Waals surface area contributed by atoms with Crippen molar-refractivity contribution in [3.63, 3.8) is 0 Å². The number of benzene rings is 1. The zero-order valence-electron chi connectivity index (χ0n) is 11.5. The van der Waals surface area contributed by atoms with Crippen LogP contribution < -0.4 is 4.72 Å². The van der Waals surface area contributed by atoms with Gasteiger partial charge in [0.05, 0.1) is 24.3 Å². The van der Waals surface area contributed by atoms with Crippen LogP contribution >= 0.6 is 0 Å². The molecule has 0 fully saturated rings. The van der Waals surface area contributed by atoms with Gasteiger partial charge in [-0.3, -0.25) is 4.79 Å². The number of ether oxygens (including phenoxy) is 1. The average Bonchev–Trinajstić information content (AvgIpc) is 2.44. The van der Waals surface area contributed by atoms with Crippen LogP contribution in [0.2, 0.25) is 0 Å². The molecule has 0 saturated heterocycles. The first kappa shape index (κ1) is 17.1. The van der Waals surface area contributed by atoms with Crippen molar-refractivity contribution in [2.75, 3.05) is 12.4 Å². The average molecular weight is 315 g/mol. The monoisotopic (exact) mass is 315 g/mol. The third-order valence-electron chi connectivity index (χ3n) is 2.58. The van der Waals surface area contributed by atoms with Gasteiger partial charge in [0.2, 0.25) is 10.0 Å². The minimum Gasteiger partial charge on any atom is -0.478 e. The summed E-state index contributed by atoms with van der Waals surface area (Å²) in [6.07, 6.45) is -0.207. The van der Waals surface area contributed by atoms with Crippen LogP contribution in [0.1, 0.15) is 29.3 Å². The second-order valence-corrected chi connectivity index (χ2v) is 6.12. The number of hydrogen-bond donors (Lipinski definition) is 2. The van der Waals surface area contributed by atoms with Crippen LogP contribution in [0.15, 0.2) is 24.3 Å². The first-order valence-electron chi connectivity index (χ1n) is 6.29. The molecule has 0 radical (unpaired) electrons. The Hall–Kier alpha value is -1.93. The number of hydrogen-bond acceptors (Lipinski definition) is 5. The molecule has 0 saturated carbocycles. The number of carboxylic acids is 1. The second kappa shape index (κ2) is 7.75. The molecule has 0 amide bonds. The van der Waals surface area contributed by atoms with Gasteiger partial charge in [-0.15, -0.1) is 0 Å². The number of carboxylic acid groups (broad SMARTS) is 1. The molecule has 0 aromatic heterocycles. The van der Waals surface area contributed by atoms with Gasteiger partial charge in [0.25, 0.3) is 0 Å². The molecule has 7 nitrogen and oxygen atoms in total. The molecule has 0 atom stereocenters.